The van der Waals surface area contributed by atoms with Crippen LogP contribution in [0.15, 0.2) is 29.9 Å². The number of carboxylic acids is 1. The quantitative estimate of drug-likeness (QED) is 0.729. The van der Waals surface area contributed by atoms with Crippen LogP contribution in [0.4, 0.5) is 0 Å². The van der Waals surface area contributed by atoms with E-state index in [1.807, 2.05) is 23.7 Å². The molecule has 0 aliphatic rings. The second-order valence-electron chi connectivity index (χ2n) is 4.37. The molecule has 2 heterocycles. The molecular formula is C14H17N3O2S. The van der Waals surface area contributed by atoms with E-state index in [9.17, 15) is 4.79 Å². The largest absolute Gasteiger partial charge is 0.481 e. The van der Waals surface area contributed by atoms with Crippen molar-refractivity contribution in [1.29, 1.82) is 0 Å². The molecule has 0 aromatic carbocycles. The van der Waals surface area contributed by atoms with Crippen LogP contribution in [-0.2, 0) is 11.2 Å². The molecule has 0 bridgehead atoms. The van der Waals surface area contributed by atoms with Crippen LogP contribution in [0.2, 0.25) is 0 Å². The van der Waals surface area contributed by atoms with Gasteiger partial charge >= 0.3 is 5.97 Å². The highest BCUT2D eigenvalue weighted by atomic mass is 32.1. The summed E-state index contributed by atoms with van der Waals surface area (Å²) in [7, 11) is 0. The Morgan fingerprint density at radius 3 is 3.05 bits per heavy atom. The van der Waals surface area contributed by atoms with Crippen LogP contribution in [0.5, 0.6) is 0 Å². The van der Waals surface area contributed by atoms with E-state index in [1.54, 1.807) is 17.5 Å². The van der Waals surface area contributed by atoms with Crippen molar-refractivity contribution in [3.63, 3.8) is 0 Å². The molecule has 0 radical (unpaired) electrons. The Hall–Kier alpha value is -1.79. The summed E-state index contributed by atoms with van der Waals surface area (Å²) in [5, 5.41) is 14.9. The minimum atomic E-state index is -0.743. The lowest BCUT2D eigenvalue weighted by atomic mass is 10.2. The maximum absolute atomic E-state index is 10.3. The van der Waals surface area contributed by atoms with Crippen LogP contribution in [0, 0.1) is 0 Å². The maximum Gasteiger partial charge on any atom is 0.303 e. The highest BCUT2D eigenvalue weighted by Crippen LogP contribution is 2.20. The molecule has 0 atom stereocenters. The van der Waals surface area contributed by atoms with Crippen molar-refractivity contribution in [2.75, 3.05) is 13.1 Å². The van der Waals surface area contributed by atoms with Gasteiger partial charge < -0.3 is 10.4 Å². The highest BCUT2D eigenvalue weighted by Gasteiger charge is 2.04. The zero-order chi connectivity index (χ0) is 14.2. The summed E-state index contributed by atoms with van der Waals surface area (Å²) in [6.45, 7) is 1.55. The van der Waals surface area contributed by atoms with Crippen LogP contribution >= 0.6 is 11.3 Å². The Kier molecular flexibility index (Phi) is 5.64. The first-order chi connectivity index (χ1) is 9.75. The molecule has 0 saturated carbocycles. The minimum Gasteiger partial charge on any atom is -0.481 e. The van der Waals surface area contributed by atoms with E-state index in [0.29, 0.717) is 6.42 Å². The Morgan fingerprint density at radius 1 is 1.40 bits per heavy atom. The van der Waals surface area contributed by atoms with Gasteiger partial charge in [-0.1, -0.05) is 0 Å². The molecule has 2 aromatic rings. The highest BCUT2D eigenvalue weighted by molar-refractivity contribution is 7.09. The van der Waals surface area contributed by atoms with Crippen molar-refractivity contribution in [1.82, 2.24) is 15.3 Å². The number of carboxylic acid groups (broad SMARTS) is 1. The van der Waals surface area contributed by atoms with Gasteiger partial charge in [-0.2, -0.15) is 0 Å². The fourth-order valence-corrected chi connectivity index (χ4v) is 2.56. The SMILES string of the molecule is O=C(O)CCCNCCc1nc(-c2cccnc2)cs1. The van der Waals surface area contributed by atoms with E-state index in [4.69, 9.17) is 5.11 Å². The number of rotatable bonds is 8. The lowest BCUT2D eigenvalue weighted by Crippen LogP contribution is -2.19. The molecule has 0 aliphatic carbocycles. The van der Waals surface area contributed by atoms with Crippen LogP contribution in [-0.4, -0.2) is 34.1 Å². The van der Waals surface area contributed by atoms with Gasteiger partial charge in [-0.15, -0.1) is 11.3 Å². The number of thiazole rings is 1. The molecule has 0 fully saturated rings. The van der Waals surface area contributed by atoms with Crippen molar-refractivity contribution in [3.05, 3.63) is 34.9 Å². The fraction of sp³-hybridized carbons (Fsp3) is 0.357. The molecular weight excluding hydrogens is 274 g/mol. The summed E-state index contributed by atoms with van der Waals surface area (Å²) in [6, 6.07) is 3.90. The lowest BCUT2D eigenvalue weighted by Gasteiger charge is -2.01. The first-order valence-electron chi connectivity index (χ1n) is 6.53. The normalized spacial score (nSPS) is 10.6. The van der Waals surface area contributed by atoms with E-state index >= 15 is 0 Å². The van der Waals surface area contributed by atoms with Crippen molar-refractivity contribution in [2.45, 2.75) is 19.3 Å². The van der Waals surface area contributed by atoms with E-state index in [1.165, 1.54) is 0 Å². The summed E-state index contributed by atoms with van der Waals surface area (Å²) >= 11 is 1.64. The van der Waals surface area contributed by atoms with E-state index in [2.05, 4.69) is 15.3 Å². The fourth-order valence-electron chi connectivity index (χ4n) is 1.76. The Bertz CT molecular complexity index is 542. The third-order valence-corrected chi connectivity index (χ3v) is 3.68. The third kappa shape index (κ3) is 4.71. The summed E-state index contributed by atoms with van der Waals surface area (Å²) in [5.74, 6) is -0.743. The van der Waals surface area contributed by atoms with Gasteiger partial charge in [-0.05, 0) is 25.1 Å². The predicted octanol–water partition coefficient (Wildman–Crippen LogP) is 2.20. The minimum absolute atomic E-state index is 0.218. The van der Waals surface area contributed by atoms with Gasteiger partial charge in [0.2, 0.25) is 0 Å². The number of hydrogen-bond acceptors (Lipinski definition) is 5. The van der Waals surface area contributed by atoms with Gasteiger partial charge in [-0.3, -0.25) is 9.78 Å². The number of aliphatic carboxylic acids is 1. The second-order valence-corrected chi connectivity index (χ2v) is 5.31. The van der Waals surface area contributed by atoms with Crippen molar-refractivity contribution < 1.29 is 9.90 Å². The van der Waals surface area contributed by atoms with Gasteiger partial charge in [0.15, 0.2) is 0 Å². The summed E-state index contributed by atoms with van der Waals surface area (Å²) < 4.78 is 0. The van der Waals surface area contributed by atoms with Crippen LogP contribution in [0.3, 0.4) is 0 Å². The van der Waals surface area contributed by atoms with E-state index < -0.39 is 5.97 Å². The van der Waals surface area contributed by atoms with Gasteiger partial charge in [-0.25, -0.2) is 4.98 Å². The molecule has 2 aromatic heterocycles. The average molecular weight is 291 g/mol. The van der Waals surface area contributed by atoms with Crippen LogP contribution in [0.25, 0.3) is 11.3 Å². The topological polar surface area (TPSA) is 75.1 Å². The summed E-state index contributed by atoms with van der Waals surface area (Å²) in [4.78, 5) is 19.0. The monoisotopic (exact) mass is 291 g/mol. The van der Waals surface area contributed by atoms with Crippen LogP contribution in [0.1, 0.15) is 17.8 Å². The van der Waals surface area contributed by atoms with Crippen LogP contribution < -0.4 is 5.32 Å². The number of nitrogens with zero attached hydrogens (tertiary/aromatic N) is 2. The molecule has 0 aliphatic heterocycles. The number of carbonyl (C=O) groups is 1. The molecule has 5 nitrogen and oxygen atoms in total. The van der Waals surface area contributed by atoms with E-state index in [-0.39, 0.29) is 6.42 Å². The molecule has 0 amide bonds. The molecule has 0 unspecified atom stereocenters. The third-order valence-electron chi connectivity index (χ3n) is 2.77. The Morgan fingerprint density at radius 2 is 2.30 bits per heavy atom. The number of pyridine rings is 1. The Balaban J connectivity index is 1.72. The van der Waals surface area contributed by atoms with Gasteiger partial charge in [0.1, 0.15) is 0 Å². The molecule has 2 N–H and O–H groups in total. The average Bonchev–Trinajstić information content (AvgIpc) is 2.92. The first kappa shape index (κ1) is 14.6. The number of hydrogen-bond donors (Lipinski definition) is 2. The molecule has 2 rings (SSSR count). The smallest absolute Gasteiger partial charge is 0.303 e. The molecule has 20 heavy (non-hydrogen) atoms. The molecule has 0 saturated heterocycles. The predicted molar refractivity (Wildman–Crippen MR) is 78.8 cm³/mol. The zero-order valence-corrected chi connectivity index (χ0v) is 11.9. The van der Waals surface area contributed by atoms with Crippen molar-refractivity contribution >= 4 is 17.3 Å². The maximum atomic E-state index is 10.3. The summed E-state index contributed by atoms with van der Waals surface area (Å²) in [6.07, 6.45) is 5.29. The Labute approximate surface area is 121 Å². The number of nitrogens with one attached hydrogen (secondary N) is 1. The van der Waals surface area contributed by atoms with Crippen molar-refractivity contribution in [3.8, 4) is 11.3 Å². The number of aromatic nitrogens is 2. The van der Waals surface area contributed by atoms with E-state index in [0.717, 1.165) is 35.8 Å². The molecule has 0 spiro atoms. The first-order valence-corrected chi connectivity index (χ1v) is 7.41. The zero-order valence-electron chi connectivity index (χ0n) is 11.1. The summed E-state index contributed by atoms with van der Waals surface area (Å²) in [5.41, 5.74) is 1.99. The van der Waals surface area contributed by atoms with Gasteiger partial charge in [0, 0.05) is 42.7 Å². The second kappa shape index (κ2) is 7.72. The standard InChI is InChI=1S/C14H17N3O2S/c18-14(19)4-2-6-15-8-5-13-17-12(10-20-13)11-3-1-7-16-9-11/h1,3,7,9-10,15H,2,4-6,8H2,(H,18,19). The van der Waals surface area contributed by atoms with Gasteiger partial charge in [0.05, 0.1) is 10.7 Å². The molecule has 6 heteroatoms. The molecule has 106 valence electrons. The van der Waals surface area contributed by atoms with Gasteiger partial charge in [0.25, 0.3) is 0 Å². The lowest BCUT2D eigenvalue weighted by molar-refractivity contribution is -0.137. The van der Waals surface area contributed by atoms with Crippen molar-refractivity contribution in [2.24, 2.45) is 0 Å².